The molecule has 2 N–H and O–H groups in total. The number of hydrogen-bond donors (Lipinski definition) is 1. The van der Waals surface area contributed by atoms with E-state index in [2.05, 4.69) is 6.58 Å². The minimum Gasteiger partial charge on any atom is -0.369 e. The number of carbonyl (C=O) groups is 2. The fourth-order valence-corrected chi connectivity index (χ4v) is 5.06. The van der Waals surface area contributed by atoms with E-state index in [0.717, 1.165) is 5.56 Å². The Bertz CT molecular complexity index is 1030. The van der Waals surface area contributed by atoms with Gasteiger partial charge in [0.2, 0.25) is 15.9 Å². The van der Waals surface area contributed by atoms with Crippen LogP contribution in [0.1, 0.15) is 28.8 Å². The molecule has 0 atom stereocenters. The Labute approximate surface area is 183 Å². The predicted molar refractivity (Wildman–Crippen MR) is 118 cm³/mol. The zero-order valence-electron chi connectivity index (χ0n) is 17.3. The maximum Gasteiger partial charge on any atom is 0.253 e. The monoisotopic (exact) mass is 441 g/mol. The molecule has 0 bridgehead atoms. The smallest absolute Gasteiger partial charge is 0.253 e. The molecule has 0 radical (unpaired) electrons. The first-order chi connectivity index (χ1) is 14.8. The Morgan fingerprint density at radius 3 is 2.23 bits per heavy atom. The third-order valence-electron chi connectivity index (χ3n) is 5.46. The summed E-state index contributed by atoms with van der Waals surface area (Å²) in [6, 6.07) is 15.2. The fourth-order valence-electron chi connectivity index (χ4n) is 3.64. The van der Waals surface area contributed by atoms with Crippen molar-refractivity contribution in [3.05, 3.63) is 78.4 Å². The normalized spacial score (nSPS) is 15.1. The maximum atomic E-state index is 13.0. The van der Waals surface area contributed by atoms with Crippen LogP contribution in [0.4, 0.5) is 0 Å². The zero-order valence-corrected chi connectivity index (χ0v) is 18.1. The summed E-state index contributed by atoms with van der Waals surface area (Å²) in [5.41, 5.74) is 6.65. The highest BCUT2D eigenvalue weighted by Gasteiger charge is 2.27. The highest BCUT2D eigenvalue weighted by atomic mass is 32.2. The predicted octanol–water partition coefficient (Wildman–Crippen LogP) is 2.40. The van der Waals surface area contributed by atoms with Gasteiger partial charge in [0.15, 0.2) is 0 Å². The Morgan fingerprint density at radius 2 is 1.68 bits per heavy atom. The molecule has 1 saturated heterocycles. The van der Waals surface area contributed by atoms with Crippen LogP contribution < -0.4 is 5.73 Å². The van der Waals surface area contributed by atoms with Crippen LogP contribution in [0, 0.1) is 5.92 Å². The lowest BCUT2D eigenvalue weighted by Crippen LogP contribution is -2.41. The van der Waals surface area contributed by atoms with Gasteiger partial charge in [0, 0.05) is 37.7 Å². The number of benzene rings is 2. The molecule has 31 heavy (non-hydrogen) atoms. The molecule has 0 spiro atoms. The van der Waals surface area contributed by atoms with Crippen molar-refractivity contribution in [3.8, 4) is 0 Å². The maximum absolute atomic E-state index is 13.0. The van der Waals surface area contributed by atoms with Gasteiger partial charge < -0.3 is 10.6 Å². The molecule has 1 heterocycles. The first kappa shape index (κ1) is 22.7. The molecule has 2 amide bonds. The second-order valence-electron chi connectivity index (χ2n) is 7.57. The molecule has 1 aliphatic rings. The van der Waals surface area contributed by atoms with Crippen LogP contribution in [0.5, 0.6) is 0 Å². The molecular weight excluding hydrogens is 414 g/mol. The summed E-state index contributed by atoms with van der Waals surface area (Å²) in [5, 5.41) is 0. The summed E-state index contributed by atoms with van der Waals surface area (Å²) in [7, 11) is -3.67. The number of hydrogen-bond acceptors (Lipinski definition) is 4. The largest absolute Gasteiger partial charge is 0.369 e. The third-order valence-corrected chi connectivity index (χ3v) is 7.28. The standard InChI is InChI=1S/C23H27N3O4S/c1-2-14-26(31(29,30)21-6-4-3-5-7-21)17-18-8-10-20(11-9-18)23(28)25-15-12-19(13-16-25)22(24)27/h2-11,19H,1,12-17H2,(H2,24,27). The molecule has 0 aromatic heterocycles. The Kier molecular flexibility index (Phi) is 7.25. The summed E-state index contributed by atoms with van der Waals surface area (Å²) in [6.07, 6.45) is 2.70. The van der Waals surface area contributed by atoms with Gasteiger partial charge in [-0.15, -0.1) is 6.58 Å². The van der Waals surface area contributed by atoms with Gasteiger partial charge in [0.25, 0.3) is 5.91 Å². The Balaban J connectivity index is 1.69. The SMILES string of the molecule is C=CCN(Cc1ccc(C(=O)N2CCC(C(N)=O)CC2)cc1)S(=O)(=O)c1ccccc1. The van der Waals surface area contributed by atoms with Crippen molar-refractivity contribution in [1.82, 2.24) is 9.21 Å². The summed E-state index contributed by atoms with van der Waals surface area (Å²) in [6.45, 7) is 5.00. The van der Waals surface area contributed by atoms with Gasteiger partial charge in [-0.1, -0.05) is 36.4 Å². The number of carbonyl (C=O) groups excluding carboxylic acids is 2. The molecule has 7 nitrogen and oxygen atoms in total. The number of nitrogens with zero attached hydrogens (tertiary/aromatic N) is 2. The number of rotatable bonds is 8. The van der Waals surface area contributed by atoms with Crippen molar-refractivity contribution in [2.24, 2.45) is 11.7 Å². The van der Waals surface area contributed by atoms with Crippen molar-refractivity contribution in [1.29, 1.82) is 0 Å². The van der Waals surface area contributed by atoms with Gasteiger partial charge in [0.1, 0.15) is 0 Å². The number of sulfonamides is 1. The first-order valence-corrected chi connectivity index (χ1v) is 11.6. The van der Waals surface area contributed by atoms with Crippen molar-refractivity contribution in [3.63, 3.8) is 0 Å². The average Bonchev–Trinajstić information content (AvgIpc) is 2.79. The summed E-state index contributed by atoms with van der Waals surface area (Å²) in [4.78, 5) is 26.0. The van der Waals surface area contributed by atoms with Crippen molar-refractivity contribution in [2.45, 2.75) is 24.3 Å². The zero-order chi connectivity index (χ0) is 22.4. The van der Waals surface area contributed by atoms with Crippen molar-refractivity contribution < 1.29 is 18.0 Å². The summed E-state index contributed by atoms with van der Waals surface area (Å²) < 4.78 is 27.3. The molecule has 0 unspecified atom stereocenters. The lowest BCUT2D eigenvalue weighted by atomic mass is 9.96. The number of nitrogens with two attached hydrogens (primary N) is 1. The quantitative estimate of drug-likeness (QED) is 0.636. The molecule has 1 fully saturated rings. The highest BCUT2D eigenvalue weighted by molar-refractivity contribution is 7.89. The average molecular weight is 442 g/mol. The lowest BCUT2D eigenvalue weighted by Gasteiger charge is -2.30. The summed E-state index contributed by atoms with van der Waals surface area (Å²) >= 11 is 0. The van der Waals surface area contributed by atoms with Crippen LogP contribution in [0.15, 0.2) is 72.1 Å². The topological polar surface area (TPSA) is 101 Å². The second-order valence-corrected chi connectivity index (χ2v) is 9.50. The van der Waals surface area contributed by atoms with Crippen LogP contribution >= 0.6 is 0 Å². The molecule has 0 aliphatic carbocycles. The van der Waals surface area contributed by atoms with Gasteiger partial charge in [-0.05, 0) is 42.7 Å². The van der Waals surface area contributed by atoms with E-state index in [0.29, 0.717) is 31.5 Å². The molecule has 0 saturated carbocycles. The minimum atomic E-state index is -3.67. The van der Waals surface area contributed by atoms with E-state index in [1.54, 1.807) is 65.6 Å². The van der Waals surface area contributed by atoms with E-state index in [-0.39, 0.29) is 35.7 Å². The third kappa shape index (κ3) is 5.39. The van der Waals surface area contributed by atoms with Crippen LogP contribution in [0.2, 0.25) is 0 Å². The summed E-state index contributed by atoms with van der Waals surface area (Å²) in [5.74, 6) is -0.589. The van der Waals surface area contributed by atoms with Gasteiger partial charge in [-0.2, -0.15) is 4.31 Å². The number of likely N-dealkylation sites (tertiary alicyclic amines) is 1. The Morgan fingerprint density at radius 1 is 1.06 bits per heavy atom. The van der Waals surface area contributed by atoms with Crippen LogP contribution in [-0.4, -0.2) is 49.1 Å². The van der Waals surface area contributed by atoms with Gasteiger partial charge >= 0.3 is 0 Å². The highest BCUT2D eigenvalue weighted by Crippen LogP contribution is 2.21. The molecule has 2 aromatic carbocycles. The molecule has 3 rings (SSSR count). The molecular formula is C23H27N3O4S. The van der Waals surface area contributed by atoms with Crippen molar-refractivity contribution in [2.75, 3.05) is 19.6 Å². The van der Waals surface area contributed by atoms with Gasteiger partial charge in [-0.25, -0.2) is 8.42 Å². The first-order valence-electron chi connectivity index (χ1n) is 10.2. The van der Waals surface area contributed by atoms with Crippen LogP contribution in [0.3, 0.4) is 0 Å². The van der Waals surface area contributed by atoms with E-state index in [1.807, 2.05) is 0 Å². The molecule has 1 aliphatic heterocycles. The van der Waals surface area contributed by atoms with Crippen LogP contribution in [-0.2, 0) is 21.4 Å². The molecule has 164 valence electrons. The lowest BCUT2D eigenvalue weighted by molar-refractivity contribution is -0.123. The van der Waals surface area contributed by atoms with E-state index in [9.17, 15) is 18.0 Å². The van der Waals surface area contributed by atoms with E-state index in [1.165, 1.54) is 4.31 Å². The van der Waals surface area contributed by atoms with E-state index < -0.39 is 10.0 Å². The van der Waals surface area contributed by atoms with Crippen molar-refractivity contribution >= 4 is 21.8 Å². The van der Waals surface area contributed by atoms with E-state index >= 15 is 0 Å². The number of amides is 2. The number of piperidine rings is 1. The minimum absolute atomic E-state index is 0.102. The Hall–Kier alpha value is -2.97. The molecule has 2 aromatic rings. The van der Waals surface area contributed by atoms with Gasteiger partial charge in [-0.3, -0.25) is 9.59 Å². The number of primary amides is 1. The van der Waals surface area contributed by atoms with Crippen LogP contribution in [0.25, 0.3) is 0 Å². The second kappa shape index (κ2) is 9.89. The van der Waals surface area contributed by atoms with Gasteiger partial charge in [0.05, 0.1) is 4.90 Å². The van der Waals surface area contributed by atoms with E-state index in [4.69, 9.17) is 5.73 Å². The fraction of sp³-hybridized carbons (Fsp3) is 0.304. The molecule has 8 heteroatoms.